The molecule has 12 heteroatoms. The molecule has 0 aliphatic heterocycles. The molecule has 0 saturated heterocycles. The van der Waals surface area contributed by atoms with Crippen LogP contribution in [0.1, 0.15) is 12.5 Å². The molecule has 1 amide bonds. The van der Waals surface area contributed by atoms with Gasteiger partial charge in [0, 0.05) is 19.2 Å². The molecule has 1 aromatic heterocycles. The number of nitrogens with two attached hydrogens (primary N) is 1. The van der Waals surface area contributed by atoms with Gasteiger partial charge in [-0.1, -0.05) is 24.0 Å². The van der Waals surface area contributed by atoms with Gasteiger partial charge >= 0.3 is 0 Å². The number of hydrogen-bond acceptors (Lipinski definition) is 7. The number of aromatic nitrogens is 1. The van der Waals surface area contributed by atoms with Gasteiger partial charge < -0.3 is 25.8 Å². The number of fused-ring (bicyclic) bond motifs is 1. The maximum absolute atomic E-state index is 12.5. The van der Waals surface area contributed by atoms with Gasteiger partial charge in [-0.25, -0.2) is 4.98 Å². The molecule has 1 heterocycles. The molecule has 3 aromatic rings. The smallest absolute Gasteiger partial charge is 0.285 e. The lowest BCUT2D eigenvalue weighted by molar-refractivity contribution is -0.114. The topological polar surface area (TPSA) is 145 Å². The Labute approximate surface area is 200 Å². The first-order valence-electron chi connectivity index (χ1n) is 9.76. The summed E-state index contributed by atoms with van der Waals surface area (Å²) in [5.41, 5.74) is 7.96. The minimum atomic E-state index is -4.08. The second kappa shape index (κ2) is 10.4. The first kappa shape index (κ1) is 24.7. The summed E-state index contributed by atoms with van der Waals surface area (Å²) in [7, 11) is -1.23. The van der Waals surface area contributed by atoms with Crippen LogP contribution in [0.25, 0.3) is 15.8 Å². The van der Waals surface area contributed by atoms with E-state index in [0.29, 0.717) is 16.5 Å². The maximum Gasteiger partial charge on any atom is 0.285 e. The highest BCUT2D eigenvalue weighted by atomic mass is 32.2. The molecule has 0 aliphatic carbocycles. The number of sulfonamides is 1. The summed E-state index contributed by atoms with van der Waals surface area (Å²) in [4.78, 5) is 15.5. The number of carbonyl (C=O) groups is 1. The number of methoxy groups -OCH3 is 2. The van der Waals surface area contributed by atoms with E-state index in [9.17, 15) is 13.2 Å². The Morgan fingerprint density at radius 3 is 2.59 bits per heavy atom. The molecule has 10 nitrogen and oxygen atoms in total. The number of nitrogens with one attached hydrogen (secondary N) is 2. The number of amides is 1. The summed E-state index contributed by atoms with van der Waals surface area (Å²) in [6, 6.07) is 9.67. The third kappa shape index (κ3) is 5.91. The van der Waals surface area contributed by atoms with E-state index in [0.717, 1.165) is 15.8 Å². The molecule has 0 radical (unpaired) electrons. The quantitative estimate of drug-likeness (QED) is 0.243. The zero-order valence-corrected chi connectivity index (χ0v) is 20.3. The minimum absolute atomic E-state index is 0.0974. The van der Waals surface area contributed by atoms with E-state index in [2.05, 4.69) is 26.6 Å². The molecule has 178 valence electrons. The van der Waals surface area contributed by atoms with Gasteiger partial charge in [-0.15, -0.1) is 4.40 Å². The van der Waals surface area contributed by atoms with E-state index < -0.39 is 10.0 Å². The van der Waals surface area contributed by atoms with Crippen molar-refractivity contribution in [1.82, 2.24) is 10.3 Å². The van der Waals surface area contributed by atoms with Gasteiger partial charge in [0.15, 0.2) is 16.6 Å². The fourth-order valence-electron chi connectivity index (χ4n) is 2.84. The van der Waals surface area contributed by atoms with Crippen molar-refractivity contribution in [3.63, 3.8) is 0 Å². The lowest BCUT2D eigenvalue weighted by Crippen LogP contribution is -2.28. The molecule has 0 fully saturated rings. The Kier molecular flexibility index (Phi) is 7.54. The Morgan fingerprint density at radius 1 is 1.18 bits per heavy atom. The molecule has 0 aliphatic rings. The van der Waals surface area contributed by atoms with Crippen LogP contribution >= 0.6 is 11.3 Å². The van der Waals surface area contributed by atoms with Crippen molar-refractivity contribution in [3.05, 3.63) is 60.8 Å². The number of ether oxygens (including phenoxy) is 2. The summed E-state index contributed by atoms with van der Waals surface area (Å²) >= 11 is 1.35. The summed E-state index contributed by atoms with van der Waals surface area (Å²) < 4.78 is 39.8. The number of carbonyl (C=O) groups excluding carboxylic acids is 1. The van der Waals surface area contributed by atoms with Gasteiger partial charge in [0.25, 0.3) is 10.0 Å². The number of benzene rings is 2. The third-order valence-corrected chi connectivity index (χ3v) is 6.65. The number of thiazole rings is 1. The van der Waals surface area contributed by atoms with Crippen molar-refractivity contribution in [2.75, 3.05) is 19.5 Å². The predicted octanol–water partition coefficient (Wildman–Crippen LogP) is 3.09. The fourth-order valence-corrected chi connectivity index (χ4v) is 4.70. The maximum atomic E-state index is 12.5. The number of rotatable bonds is 8. The van der Waals surface area contributed by atoms with Crippen LogP contribution in [0.15, 0.2) is 64.5 Å². The van der Waals surface area contributed by atoms with Crippen molar-refractivity contribution >= 4 is 54.1 Å². The molecule has 3 rings (SSSR count). The Balaban J connectivity index is 1.70. The molecule has 0 unspecified atom stereocenters. The van der Waals surface area contributed by atoms with Gasteiger partial charge in [0.1, 0.15) is 0 Å². The Hall–Kier alpha value is -3.90. The second-order valence-corrected chi connectivity index (χ2v) is 9.49. The van der Waals surface area contributed by atoms with Crippen molar-refractivity contribution in [2.45, 2.75) is 11.8 Å². The Morgan fingerprint density at radius 2 is 1.91 bits per heavy atom. The average molecular weight is 502 g/mol. The van der Waals surface area contributed by atoms with E-state index in [1.54, 1.807) is 6.08 Å². The first-order valence-corrected chi connectivity index (χ1v) is 12.0. The largest absolute Gasteiger partial charge is 0.493 e. The molecule has 4 N–H and O–H groups in total. The van der Waals surface area contributed by atoms with E-state index in [-0.39, 0.29) is 22.5 Å². The van der Waals surface area contributed by atoms with Gasteiger partial charge in [-0.05, 0) is 41.5 Å². The van der Waals surface area contributed by atoms with Crippen LogP contribution in [0.4, 0.5) is 5.13 Å². The predicted molar refractivity (Wildman–Crippen MR) is 134 cm³/mol. The average Bonchev–Trinajstić information content (AvgIpc) is 3.18. The van der Waals surface area contributed by atoms with Crippen LogP contribution in [0.5, 0.6) is 11.5 Å². The monoisotopic (exact) mass is 501 g/mol. The normalized spacial score (nSPS) is 12.0. The number of anilines is 1. The molecule has 34 heavy (non-hydrogen) atoms. The molecule has 0 saturated carbocycles. The van der Waals surface area contributed by atoms with Crippen molar-refractivity contribution < 1.29 is 22.7 Å². The zero-order valence-electron chi connectivity index (χ0n) is 18.7. The summed E-state index contributed by atoms with van der Waals surface area (Å²) in [5, 5.41) is 5.80. The van der Waals surface area contributed by atoms with Gasteiger partial charge in [0.05, 0.1) is 29.3 Å². The van der Waals surface area contributed by atoms with Crippen LogP contribution in [-0.2, 0) is 14.8 Å². The number of allylic oxidation sites excluding steroid dienone is 2. The summed E-state index contributed by atoms with van der Waals surface area (Å²) in [5.74, 6) is 0.131. The second-order valence-electron chi connectivity index (χ2n) is 6.85. The van der Waals surface area contributed by atoms with Crippen molar-refractivity contribution in [2.24, 2.45) is 10.1 Å². The highest BCUT2D eigenvalue weighted by Gasteiger charge is 2.17. The van der Waals surface area contributed by atoms with Crippen LogP contribution in [0.2, 0.25) is 0 Å². The highest BCUT2D eigenvalue weighted by molar-refractivity contribution is 7.90. The molecular weight excluding hydrogens is 478 g/mol. The van der Waals surface area contributed by atoms with Crippen LogP contribution in [0.3, 0.4) is 0 Å². The standard InChI is InChI=1S/C22H23N5O5S2/c1-13(15-5-7-17-20(11-15)33-22(26-17)25-14(2)28)9-10-24-21(23)27-34(29,30)16-6-8-18(31-3)19(12-16)32-4/h5-12H,1H2,2-4H3,(H3,23,24,27)(H,25,26,28)/b10-9-. The zero-order chi connectivity index (χ0) is 24.9. The molecule has 0 bridgehead atoms. The van der Waals surface area contributed by atoms with E-state index in [4.69, 9.17) is 15.2 Å². The van der Waals surface area contributed by atoms with Crippen LogP contribution in [-0.4, -0.2) is 39.5 Å². The molecule has 0 spiro atoms. The van der Waals surface area contributed by atoms with Gasteiger partial charge in [0.2, 0.25) is 11.9 Å². The molecular formula is C22H23N5O5S2. The minimum Gasteiger partial charge on any atom is -0.493 e. The van der Waals surface area contributed by atoms with E-state index >= 15 is 0 Å². The first-order chi connectivity index (χ1) is 16.1. The SMILES string of the molecule is C=C(/C=C\NC(N)=NS(=O)(=O)c1ccc(OC)c(OC)c1)c1ccc2nc(NC(C)=O)sc2c1. The van der Waals surface area contributed by atoms with E-state index in [1.807, 2.05) is 18.2 Å². The summed E-state index contributed by atoms with van der Waals surface area (Å²) in [6.07, 6.45) is 3.06. The lowest BCUT2D eigenvalue weighted by Gasteiger charge is -2.08. The fraction of sp³-hybridized carbons (Fsp3) is 0.136. The molecule has 2 aromatic carbocycles. The van der Waals surface area contributed by atoms with Gasteiger partial charge in [-0.2, -0.15) is 8.42 Å². The van der Waals surface area contributed by atoms with Crippen LogP contribution in [0, 0.1) is 0 Å². The molecule has 0 atom stereocenters. The Bertz CT molecular complexity index is 1410. The third-order valence-electron chi connectivity index (χ3n) is 4.43. The van der Waals surface area contributed by atoms with Crippen LogP contribution < -0.4 is 25.8 Å². The van der Waals surface area contributed by atoms with Gasteiger partial charge in [-0.3, -0.25) is 4.79 Å². The van der Waals surface area contributed by atoms with E-state index in [1.165, 1.54) is 56.9 Å². The lowest BCUT2D eigenvalue weighted by atomic mass is 10.1. The number of hydrogen-bond donors (Lipinski definition) is 3. The van der Waals surface area contributed by atoms with Crippen molar-refractivity contribution in [3.8, 4) is 11.5 Å². The number of nitrogens with zero attached hydrogens (tertiary/aromatic N) is 2. The van der Waals surface area contributed by atoms with Crippen molar-refractivity contribution in [1.29, 1.82) is 0 Å². The number of guanidine groups is 1. The summed E-state index contributed by atoms with van der Waals surface area (Å²) in [6.45, 7) is 5.43. The highest BCUT2D eigenvalue weighted by Crippen LogP contribution is 2.30.